The van der Waals surface area contributed by atoms with Gasteiger partial charge in [0.05, 0.1) is 44.2 Å². The highest BCUT2D eigenvalue weighted by Gasteiger charge is 2.40. The van der Waals surface area contributed by atoms with Crippen LogP contribution in [-0.2, 0) is 17.2 Å². The van der Waals surface area contributed by atoms with Gasteiger partial charge in [-0.15, -0.1) is 0 Å². The van der Waals surface area contributed by atoms with Crippen LogP contribution in [0.15, 0.2) is 17.3 Å². The van der Waals surface area contributed by atoms with Gasteiger partial charge in [-0.1, -0.05) is 11.6 Å². The van der Waals surface area contributed by atoms with Crippen LogP contribution in [0.5, 0.6) is 0 Å². The van der Waals surface area contributed by atoms with Crippen LogP contribution in [0.2, 0.25) is 5.02 Å². The molecule has 2 unspecified atom stereocenters. The molecule has 3 aliphatic rings. The van der Waals surface area contributed by atoms with Crippen molar-refractivity contribution in [2.75, 3.05) is 35.7 Å². The number of nitrogens with one attached hydrogen (secondary N) is 1. The van der Waals surface area contributed by atoms with Gasteiger partial charge < -0.3 is 15.3 Å². The van der Waals surface area contributed by atoms with Crippen LogP contribution in [0, 0.1) is 11.3 Å². The molecule has 0 radical (unpaired) electrons. The lowest BCUT2D eigenvalue weighted by Crippen LogP contribution is -2.48. The third kappa shape index (κ3) is 4.20. The van der Waals surface area contributed by atoms with Crippen LogP contribution < -0.4 is 10.2 Å². The highest BCUT2D eigenvalue weighted by Crippen LogP contribution is 2.43. The molecule has 5 rings (SSSR count). The van der Waals surface area contributed by atoms with Gasteiger partial charge in [-0.2, -0.15) is 5.26 Å². The Morgan fingerprint density at radius 3 is 2.73 bits per heavy atom. The number of rotatable bonds is 5. The van der Waals surface area contributed by atoms with Crippen LogP contribution in [0.25, 0.3) is 0 Å². The molecule has 2 fully saturated rings. The number of aliphatic hydroxyl groups is 1. The van der Waals surface area contributed by atoms with Crippen molar-refractivity contribution in [1.29, 1.82) is 5.26 Å². The second-order valence-electron chi connectivity index (χ2n) is 9.16. The van der Waals surface area contributed by atoms with Crippen molar-refractivity contribution in [2.45, 2.75) is 61.3 Å². The van der Waals surface area contributed by atoms with E-state index in [0.29, 0.717) is 39.2 Å². The molecular weight excluding hydrogens is 460 g/mol. The van der Waals surface area contributed by atoms with Crippen LogP contribution >= 0.6 is 11.6 Å². The largest absolute Gasteiger partial charge is 0.394 e. The first kappa shape index (κ1) is 22.5. The summed E-state index contributed by atoms with van der Waals surface area (Å²) < 4.78 is 12.8. The van der Waals surface area contributed by atoms with Crippen LogP contribution in [0.1, 0.15) is 61.5 Å². The van der Waals surface area contributed by atoms with Gasteiger partial charge >= 0.3 is 0 Å². The molecule has 2 N–H and O–H groups in total. The molecule has 8 nitrogen and oxygen atoms in total. The summed E-state index contributed by atoms with van der Waals surface area (Å²) in [5, 5.41) is 24.2. The van der Waals surface area contributed by atoms with E-state index < -0.39 is 16.3 Å². The molecule has 2 aliphatic heterocycles. The standard InChI is InChI=1S/C23H27ClN6O2S/c24-16-12-26-21(27-13-16)15-3-1-8-30(9-4-15)22-17(11-25)19(29-23(14-31)6-2-7-23)20-18(28-22)5-10-33(20)32/h12-13,15,31H,1-10,14H2,(H,28,29). The monoisotopic (exact) mass is 486 g/mol. The summed E-state index contributed by atoms with van der Waals surface area (Å²) in [6.07, 6.45) is 9.33. The van der Waals surface area contributed by atoms with E-state index in [2.05, 4.69) is 26.3 Å². The SMILES string of the molecule is N#Cc1c(N2CCCC(c3ncc(Cl)cn3)CC2)nc2c(c1NC1(CO)CCC1)S(=O)CC2. The van der Waals surface area contributed by atoms with Crippen LogP contribution in [-0.4, -0.2) is 55.3 Å². The summed E-state index contributed by atoms with van der Waals surface area (Å²) in [5.41, 5.74) is 1.41. The number of pyridine rings is 1. The molecular formula is C23H27ClN6O2S. The number of halogens is 1. The predicted molar refractivity (Wildman–Crippen MR) is 127 cm³/mol. The number of hydrogen-bond donors (Lipinski definition) is 2. The van der Waals surface area contributed by atoms with E-state index in [4.69, 9.17) is 16.6 Å². The lowest BCUT2D eigenvalue weighted by atomic mass is 9.77. The normalized spacial score (nSPS) is 23.8. The average Bonchev–Trinajstić information content (AvgIpc) is 3.01. The number of fused-ring (bicyclic) bond motifs is 1. The van der Waals surface area contributed by atoms with Gasteiger partial charge in [0, 0.05) is 43.6 Å². The zero-order chi connectivity index (χ0) is 23.0. The Bertz CT molecular complexity index is 1110. The summed E-state index contributed by atoms with van der Waals surface area (Å²) in [7, 11) is -1.19. The summed E-state index contributed by atoms with van der Waals surface area (Å²) in [5.74, 6) is 2.21. The van der Waals surface area contributed by atoms with E-state index >= 15 is 0 Å². The molecule has 0 amide bonds. The van der Waals surface area contributed by atoms with E-state index in [-0.39, 0.29) is 12.5 Å². The number of aromatic nitrogens is 3. The van der Waals surface area contributed by atoms with Gasteiger partial charge in [-0.3, -0.25) is 4.21 Å². The molecule has 33 heavy (non-hydrogen) atoms. The Balaban J connectivity index is 1.48. The highest BCUT2D eigenvalue weighted by molar-refractivity contribution is 7.85. The maximum atomic E-state index is 12.8. The lowest BCUT2D eigenvalue weighted by Gasteiger charge is -2.42. The maximum Gasteiger partial charge on any atom is 0.149 e. The number of nitrogens with zero attached hydrogens (tertiary/aromatic N) is 5. The van der Waals surface area contributed by atoms with E-state index in [0.717, 1.165) is 63.1 Å². The highest BCUT2D eigenvalue weighted by atomic mass is 35.5. The van der Waals surface area contributed by atoms with Gasteiger partial charge in [-0.25, -0.2) is 15.0 Å². The summed E-state index contributed by atoms with van der Waals surface area (Å²) in [6, 6.07) is 2.35. The molecule has 10 heteroatoms. The lowest BCUT2D eigenvalue weighted by molar-refractivity contribution is 0.144. The van der Waals surface area contributed by atoms with E-state index in [9.17, 15) is 14.6 Å². The Labute approximate surface area is 200 Å². The van der Waals surface area contributed by atoms with Gasteiger partial charge in [0.15, 0.2) is 0 Å². The molecule has 2 aromatic heterocycles. The summed E-state index contributed by atoms with van der Waals surface area (Å²) in [4.78, 5) is 16.5. The van der Waals surface area contributed by atoms with E-state index in [1.54, 1.807) is 12.4 Å². The Hall–Kier alpha value is -2.28. The van der Waals surface area contributed by atoms with E-state index in [1.165, 1.54) is 0 Å². The average molecular weight is 487 g/mol. The molecule has 2 aromatic rings. The van der Waals surface area contributed by atoms with Gasteiger partial charge in [0.1, 0.15) is 23.3 Å². The van der Waals surface area contributed by atoms with E-state index in [1.807, 2.05) is 0 Å². The van der Waals surface area contributed by atoms with Crippen LogP contribution in [0.4, 0.5) is 11.5 Å². The first-order valence-electron chi connectivity index (χ1n) is 11.5. The summed E-state index contributed by atoms with van der Waals surface area (Å²) in [6.45, 7) is 1.49. The molecule has 0 bridgehead atoms. The zero-order valence-corrected chi connectivity index (χ0v) is 20.0. The van der Waals surface area contributed by atoms with Crippen molar-refractivity contribution in [1.82, 2.24) is 15.0 Å². The van der Waals surface area contributed by atoms with Crippen molar-refractivity contribution in [2.24, 2.45) is 0 Å². The molecule has 174 valence electrons. The second kappa shape index (κ2) is 9.16. The predicted octanol–water partition coefficient (Wildman–Crippen LogP) is 3.16. The van der Waals surface area contributed by atoms with Gasteiger partial charge in [0.25, 0.3) is 0 Å². The number of aryl methyl sites for hydroxylation is 1. The third-order valence-corrected chi connectivity index (χ3v) is 8.77. The first-order valence-corrected chi connectivity index (χ1v) is 13.2. The van der Waals surface area contributed by atoms with Crippen LogP contribution in [0.3, 0.4) is 0 Å². The Morgan fingerprint density at radius 2 is 2.06 bits per heavy atom. The van der Waals surface area contributed by atoms with Crippen molar-refractivity contribution >= 4 is 33.9 Å². The van der Waals surface area contributed by atoms with Crippen molar-refractivity contribution in [3.05, 3.63) is 34.5 Å². The molecule has 2 atom stereocenters. The first-order chi connectivity index (χ1) is 16.0. The minimum Gasteiger partial charge on any atom is -0.394 e. The van der Waals surface area contributed by atoms with Crippen molar-refractivity contribution in [3.63, 3.8) is 0 Å². The molecule has 0 aromatic carbocycles. The number of nitriles is 1. The smallest absolute Gasteiger partial charge is 0.149 e. The fourth-order valence-electron chi connectivity index (χ4n) is 5.06. The molecule has 1 aliphatic carbocycles. The molecule has 0 spiro atoms. The molecule has 1 saturated heterocycles. The molecule has 1 saturated carbocycles. The van der Waals surface area contributed by atoms with Crippen molar-refractivity contribution in [3.8, 4) is 6.07 Å². The topological polar surface area (TPSA) is 115 Å². The quantitative estimate of drug-likeness (QED) is 0.662. The Kier molecular flexibility index (Phi) is 6.25. The summed E-state index contributed by atoms with van der Waals surface area (Å²) >= 11 is 5.95. The number of aliphatic hydroxyl groups excluding tert-OH is 1. The van der Waals surface area contributed by atoms with Gasteiger partial charge in [0.2, 0.25) is 0 Å². The number of hydrogen-bond acceptors (Lipinski definition) is 8. The molecule has 4 heterocycles. The fraction of sp³-hybridized carbons (Fsp3) is 0.565. The fourth-order valence-corrected chi connectivity index (χ4v) is 6.53. The Morgan fingerprint density at radius 1 is 1.27 bits per heavy atom. The van der Waals surface area contributed by atoms with Crippen molar-refractivity contribution < 1.29 is 9.32 Å². The second-order valence-corrected chi connectivity index (χ2v) is 11.1. The minimum absolute atomic E-state index is 0.0105. The van der Waals surface area contributed by atoms with Gasteiger partial charge in [-0.05, 0) is 38.5 Å². The number of anilines is 2. The minimum atomic E-state index is -1.19. The maximum absolute atomic E-state index is 12.8. The zero-order valence-electron chi connectivity index (χ0n) is 18.4. The third-order valence-electron chi connectivity index (χ3n) is 7.10.